The maximum absolute atomic E-state index is 6.21. The minimum Gasteiger partial charge on any atom is -0.381 e. The van der Waals surface area contributed by atoms with Crippen molar-refractivity contribution in [1.82, 2.24) is 9.97 Å². The number of H-pyrrole nitrogens is 1. The molecular formula is C15H21ClN2O. The lowest BCUT2D eigenvalue weighted by Crippen LogP contribution is -2.15. The van der Waals surface area contributed by atoms with E-state index in [1.165, 1.54) is 0 Å². The molecule has 0 saturated carbocycles. The van der Waals surface area contributed by atoms with E-state index in [9.17, 15) is 0 Å². The van der Waals surface area contributed by atoms with Crippen LogP contribution in [-0.4, -0.2) is 23.2 Å². The molecule has 0 radical (unpaired) electrons. The van der Waals surface area contributed by atoms with Gasteiger partial charge in [-0.05, 0) is 37.5 Å². The van der Waals surface area contributed by atoms with Crippen molar-refractivity contribution in [3.63, 3.8) is 0 Å². The Balaban J connectivity index is 0.000000637. The van der Waals surface area contributed by atoms with Crippen molar-refractivity contribution in [2.24, 2.45) is 0 Å². The number of aromatic nitrogens is 2. The van der Waals surface area contributed by atoms with Gasteiger partial charge in [-0.15, -0.1) is 0 Å². The predicted octanol–water partition coefficient (Wildman–Crippen LogP) is 4.44. The van der Waals surface area contributed by atoms with Crippen molar-refractivity contribution in [2.75, 3.05) is 13.2 Å². The van der Waals surface area contributed by atoms with E-state index in [0.29, 0.717) is 5.92 Å². The number of aryl methyl sites for hydroxylation is 1. The number of hydrogen-bond acceptors (Lipinski definition) is 2. The topological polar surface area (TPSA) is 37.9 Å². The van der Waals surface area contributed by atoms with E-state index in [-0.39, 0.29) is 0 Å². The summed E-state index contributed by atoms with van der Waals surface area (Å²) in [5, 5.41) is 0.731. The van der Waals surface area contributed by atoms with Crippen LogP contribution < -0.4 is 0 Å². The number of fused-ring (bicyclic) bond motifs is 1. The van der Waals surface area contributed by atoms with Crippen LogP contribution in [0.5, 0.6) is 0 Å². The van der Waals surface area contributed by atoms with E-state index in [1.807, 2.05) is 26.8 Å². The summed E-state index contributed by atoms with van der Waals surface area (Å²) in [6.07, 6.45) is 2.08. The molecule has 1 N–H and O–H groups in total. The Morgan fingerprint density at radius 2 is 1.95 bits per heavy atom. The number of halogens is 1. The van der Waals surface area contributed by atoms with E-state index >= 15 is 0 Å². The molecule has 1 aromatic carbocycles. The first-order chi connectivity index (χ1) is 9.24. The Morgan fingerprint density at radius 3 is 2.63 bits per heavy atom. The zero-order valence-electron chi connectivity index (χ0n) is 11.8. The number of hydrogen-bond donors (Lipinski definition) is 1. The van der Waals surface area contributed by atoms with E-state index < -0.39 is 0 Å². The molecule has 104 valence electrons. The van der Waals surface area contributed by atoms with Crippen LogP contribution in [0.15, 0.2) is 12.1 Å². The van der Waals surface area contributed by atoms with Crippen LogP contribution in [0.25, 0.3) is 11.0 Å². The fraction of sp³-hybridized carbons (Fsp3) is 0.533. The molecular weight excluding hydrogens is 260 g/mol. The van der Waals surface area contributed by atoms with Crippen LogP contribution in [0.1, 0.15) is 44.0 Å². The molecule has 3 rings (SSSR count). The van der Waals surface area contributed by atoms with Crippen molar-refractivity contribution in [3.8, 4) is 0 Å². The molecule has 0 aliphatic carbocycles. The molecule has 1 fully saturated rings. The third kappa shape index (κ3) is 3.10. The second-order valence-corrected chi connectivity index (χ2v) is 5.06. The van der Waals surface area contributed by atoms with Gasteiger partial charge in [0.05, 0.1) is 10.5 Å². The number of nitrogens with one attached hydrogen (secondary N) is 1. The maximum atomic E-state index is 6.21. The van der Waals surface area contributed by atoms with Gasteiger partial charge >= 0.3 is 0 Å². The summed E-state index contributed by atoms with van der Waals surface area (Å²) in [4.78, 5) is 8.03. The molecule has 2 heterocycles. The highest BCUT2D eigenvalue weighted by Gasteiger charge is 2.19. The summed E-state index contributed by atoms with van der Waals surface area (Å²) in [6.45, 7) is 7.70. The molecule has 1 aliphatic heterocycles. The number of benzene rings is 1. The second kappa shape index (κ2) is 6.40. The Kier molecular flexibility index (Phi) is 4.83. The molecule has 2 aromatic rings. The second-order valence-electron chi connectivity index (χ2n) is 4.65. The molecule has 0 atom stereocenters. The molecule has 0 spiro atoms. The first-order valence-electron chi connectivity index (χ1n) is 6.97. The summed E-state index contributed by atoms with van der Waals surface area (Å²) in [5.41, 5.74) is 3.08. The number of nitrogens with zero attached hydrogens (tertiary/aromatic N) is 1. The molecule has 19 heavy (non-hydrogen) atoms. The molecule has 0 unspecified atom stereocenters. The minimum atomic E-state index is 0.479. The fourth-order valence-electron chi connectivity index (χ4n) is 2.39. The Bertz CT molecular complexity index is 544. The highest BCUT2D eigenvalue weighted by molar-refractivity contribution is 6.35. The standard InChI is InChI=1S/C13H15ClN2O.C2H6/c1-8-6-10(14)12-11(7-8)15-13(16-12)9-2-4-17-5-3-9;1-2/h6-7,9H,2-5H2,1H3,(H,15,16);1-2H3. The molecule has 1 aliphatic rings. The molecule has 1 aromatic heterocycles. The van der Waals surface area contributed by atoms with Crippen molar-refractivity contribution >= 4 is 22.6 Å². The first kappa shape index (κ1) is 14.4. The number of aromatic amines is 1. The summed E-state index contributed by atoms with van der Waals surface area (Å²) < 4.78 is 5.37. The lowest BCUT2D eigenvalue weighted by Gasteiger charge is -2.19. The molecule has 0 bridgehead atoms. The largest absolute Gasteiger partial charge is 0.381 e. The quantitative estimate of drug-likeness (QED) is 0.838. The van der Waals surface area contributed by atoms with Crippen LogP contribution in [0, 0.1) is 6.92 Å². The van der Waals surface area contributed by atoms with Gasteiger partial charge in [0.2, 0.25) is 0 Å². The van der Waals surface area contributed by atoms with Gasteiger partial charge in [-0.3, -0.25) is 0 Å². The van der Waals surface area contributed by atoms with Gasteiger partial charge in [0, 0.05) is 19.1 Å². The Hall–Kier alpha value is -1.06. The first-order valence-corrected chi connectivity index (χ1v) is 7.35. The SMILES string of the molecule is CC.Cc1cc(Cl)c2nc(C3CCOCC3)[nH]c2c1. The van der Waals surface area contributed by atoms with E-state index in [4.69, 9.17) is 16.3 Å². The zero-order chi connectivity index (χ0) is 13.8. The zero-order valence-corrected chi connectivity index (χ0v) is 12.5. The van der Waals surface area contributed by atoms with Crippen LogP contribution in [0.4, 0.5) is 0 Å². The van der Waals surface area contributed by atoms with E-state index in [0.717, 1.165) is 53.5 Å². The monoisotopic (exact) mass is 280 g/mol. The van der Waals surface area contributed by atoms with Gasteiger partial charge in [-0.2, -0.15) is 0 Å². The van der Waals surface area contributed by atoms with Gasteiger partial charge in [-0.1, -0.05) is 25.4 Å². The van der Waals surface area contributed by atoms with Crippen LogP contribution >= 0.6 is 11.6 Å². The summed E-state index contributed by atoms with van der Waals surface area (Å²) in [5.74, 6) is 1.53. The highest BCUT2D eigenvalue weighted by atomic mass is 35.5. The highest BCUT2D eigenvalue weighted by Crippen LogP contribution is 2.29. The predicted molar refractivity (Wildman–Crippen MR) is 80.0 cm³/mol. The van der Waals surface area contributed by atoms with Crippen LogP contribution in [-0.2, 0) is 4.74 Å². The van der Waals surface area contributed by atoms with Crippen molar-refractivity contribution in [3.05, 3.63) is 28.5 Å². The Labute approximate surface area is 119 Å². The maximum Gasteiger partial charge on any atom is 0.110 e. The number of ether oxygens (including phenoxy) is 1. The molecule has 3 nitrogen and oxygen atoms in total. The Morgan fingerprint density at radius 1 is 1.26 bits per heavy atom. The molecule has 4 heteroatoms. The van der Waals surface area contributed by atoms with Gasteiger partial charge in [0.15, 0.2) is 0 Å². The lowest BCUT2D eigenvalue weighted by atomic mass is 10.00. The number of imidazole rings is 1. The molecule has 0 amide bonds. The fourth-order valence-corrected chi connectivity index (χ4v) is 2.71. The number of rotatable bonds is 1. The van der Waals surface area contributed by atoms with Crippen LogP contribution in [0.2, 0.25) is 5.02 Å². The van der Waals surface area contributed by atoms with Crippen molar-refractivity contribution in [1.29, 1.82) is 0 Å². The lowest BCUT2D eigenvalue weighted by molar-refractivity contribution is 0.0838. The third-order valence-electron chi connectivity index (χ3n) is 3.31. The van der Waals surface area contributed by atoms with Gasteiger partial charge in [-0.25, -0.2) is 4.98 Å². The normalized spacial score (nSPS) is 16.2. The van der Waals surface area contributed by atoms with E-state index in [1.54, 1.807) is 0 Å². The van der Waals surface area contributed by atoms with Crippen LogP contribution in [0.3, 0.4) is 0 Å². The van der Waals surface area contributed by atoms with Gasteiger partial charge in [0.1, 0.15) is 11.3 Å². The van der Waals surface area contributed by atoms with Crippen molar-refractivity contribution in [2.45, 2.75) is 39.5 Å². The van der Waals surface area contributed by atoms with Crippen molar-refractivity contribution < 1.29 is 4.74 Å². The molecule has 1 saturated heterocycles. The summed E-state index contributed by atoms with van der Waals surface area (Å²) >= 11 is 6.21. The van der Waals surface area contributed by atoms with Gasteiger partial charge in [0.25, 0.3) is 0 Å². The van der Waals surface area contributed by atoms with Gasteiger partial charge < -0.3 is 9.72 Å². The summed E-state index contributed by atoms with van der Waals surface area (Å²) in [7, 11) is 0. The third-order valence-corrected chi connectivity index (χ3v) is 3.60. The van der Waals surface area contributed by atoms with E-state index in [2.05, 4.69) is 16.0 Å². The minimum absolute atomic E-state index is 0.479. The average Bonchev–Trinajstić information content (AvgIpc) is 2.86. The summed E-state index contributed by atoms with van der Waals surface area (Å²) in [6, 6.07) is 4.05. The average molecular weight is 281 g/mol. The smallest absolute Gasteiger partial charge is 0.110 e.